The first-order valence-electron chi connectivity index (χ1n) is 6.13. The normalized spacial score (nSPS) is 10.6. The zero-order valence-corrected chi connectivity index (χ0v) is 10.6. The molecule has 0 atom stereocenters. The summed E-state index contributed by atoms with van der Waals surface area (Å²) in [7, 11) is 0. The SMILES string of the molecule is CCCn1ccnc1Cc1ccc(F)cc1C(=O)O. The largest absolute Gasteiger partial charge is 0.478 e. The highest BCUT2D eigenvalue weighted by Crippen LogP contribution is 2.16. The van der Waals surface area contributed by atoms with E-state index in [4.69, 9.17) is 5.11 Å². The number of carboxylic acid groups (broad SMARTS) is 1. The van der Waals surface area contributed by atoms with E-state index in [2.05, 4.69) is 11.9 Å². The standard InChI is InChI=1S/C14H15FN2O2/c1-2-6-17-7-5-16-13(17)8-10-3-4-11(15)9-12(10)14(18)19/h3-5,7,9H,2,6,8H2,1H3,(H,18,19). The van der Waals surface area contributed by atoms with Crippen LogP contribution in [-0.4, -0.2) is 20.6 Å². The summed E-state index contributed by atoms with van der Waals surface area (Å²) >= 11 is 0. The van der Waals surface area contributed by atoms with Crippen molar-refractivity contribution in [2.24, 2.45) is 0 Å². The summed E-state index contributed by atoms with van der Waals surface area (Å²) in [6.07, 6.45) is 4.91. The van der Waals surface area contributed by atoms with Gasteiger partial charge >= 0.3 is 5.97 Å². The predicted molar refractivity (Wildman–Crippen MR) is 68.7 cm³/mol. The predicted octanol–water partition coefficient (Wildman–Crippen LogP) is 2.72. The lowest BCUT2D eigenvalue weighted by molar-refractivity contribution is 0.0695. The molecule has 5 heteroatoms. The Balaban J connectivity index is 2.32. The van der Waals surface area contributed by atoms with Crippen LogP contribution >= 0.6 is 0 Å². The maximum atomic E-state index is 13.1. The smallest absolute Gasteiger partial charge is 0.336 e. The zero-order valence-electron chi connectivity index (χ0n) is 10.6. The summed E-state index contributed by atoms with van der Waals surface area (Å²) in [5, 5.41) is 9.10. The number of hydrogen-bond acceptors (Lipinski definition) is 2. The highest BCUT2D eigenvalue weighted by Gasteiger charge is 2.13. The molecule has 100 valence electrons. The number of aromatic carboxylic acids is 1. The number of nitrogens with zero attached hydrogens (tertiary/aromatic N) is 2. The first-order chi connectivity index (χ1) is 9.11. The molecule has 1 aromatic carbocycles. The third-order valence-electron chi connectivity index (χ3n) is 2.92. The van der Waals surface area contributed by atoms with Crippen LogP contribution in [0.3, 0.4) is 0 Å². The number of carbonyl (C=O) groups is 1. The highest BCUT2D eigenvalue weighted by molar-refractivity contribution is 5.89. The van der Waals surface area contributed by atoms with Crippen molar-refractivity contribution in [3.05, 3.63) is 53.4 Å². The van der Waals surface area contributed by atoms with Crippen molar-refractivity contribution in [2.45, 2.75) is 26.3 Å². The molecule has 0 bridgehead atoms. The van der Waals surface area contributed by atoms with Gasteiger partial charge in [0.25, 0.3) is 0 Å². The lowest BCUT2D eigenvalue weighted by Crippen LogP contribution is -2.08. The maximum absolute atomic E-state index is 13.1. The number of carboxylic acids is 1. The fraction of sp³-hybridized carbons (Fsp3) is 0.286. The van der Waals surface area contributed by atoms with E-state index in [1.807, 2.05) is 10.8 Å². The molecule has 0 unspecified atom stereocenters. The minimum Gasteiger partial charge on any atom is -0.478 e. The molecule has 1 aromatic heterocycles. The van der Waals surface area contributed by atoms with Gasteiger partial charge in [-0.3, -0.25) is 0 Å². The molecule has 1 N–H and O–H groups in total. The zero-order chi connectivity index (χ0) is 13.8. The van der Waals surface area contributed by atoms with E-state index in [1.165, 1.54) is 12.1 Å². The van der Waals surface area contributed by atoms with Crippen molar-refractivity contribution < 1.29 is 14.3 Å². The van der Waals surface area contributed by atoms with Gasteiger partial charge in [-0.2, -0.15) is 0 Å². The summed E-state index contributed by atoms with van der Waals surface area (Å²) in [4.78, 5) is 15.3. The lowest BCUT2D eigenvalue weighted by atomic mass is 10.0. The molecular weight excluding hydrogens is 247 g/mol. The molecule has 0 amide bonds. The lowest BCUT2D eigenvalue weighted by Gasteiger charge is -2.08. The van der Waals surface area contributed by atoms with Gasteiger partial charge in [0.05, 0.1) is 5.56 Å². The van der Waals surface area contributed by atoms with Gasteiger partial charge in [0.2, 0.25) is 0 Å². The van der Waals surface area contributed by atoms with Crippen molar-refractivity contribution in [2.75, 3.05) is 0 Å². The number of aryl methyl sites for hydroxylation is 1. The van der Waals surface area contributed by atoms with Crippen LogP contribution in [0.15, 0.2) is 30.6 Å². The molecular formula is C14H15FN2O2. The molecule has 0 spiro atoms. The highest BCUT2D eigenvalue weighted by atomic mass is 19.1. The summed E-state index contributed by atoms with van der Waals surface area (Å²) in [6.45, 7) is 2.89. The third-order valence-corrected chi connectivity index (χ3v) is 2.92. The number of aromatic nitrogens is 2. The Kier molecular flexibility index (Phi) is 3.94. The average molecular weight is 262 g/mol. The van der Waals surface area contributed by atoms with E-state index < -0.39 is 11.8 Å². The molecule has 2 aromatic rings. The van der Waals surface area contributed by atoms with Crippen LogP contribution in [-0.2, 0) is 13.0 Å². The van der Waals surface area contributed by atoms with E-state index in [9.17, 15) is 9.18 Å². The molecule has 1 heterocycles. The Bertz CT molecular complexity index is 593. The average Bonchev–Trinajstić information content (AvgIpc) is 2.79. The van der Waals surface area contributed by atoms with Gasteiger partial charge in [0, 0.05) is 25.4 Å². The molecule has 19 heavy (non-hydrogen) atoms. The van der Waals surface area contributed by atoms with Crippen LogP contribution in [0.5, 0.6) is 0 Å². The molecule has 4 nitrogen and oxygen atoms in total. The van der Waals surface area contributed by atoms with Crippen molar-refractivity contribution in [1.82, 2.24) is 9.55 Å². The third kappa shape index (κ3) is 2.99. The van der Waals surface area contributed by atoms with Crippen LogP contribution in [0.4, 0.5) is 4.39 Å². The molecule has 0 aliphatic carbocycles. The quantitative estimate of drug-likeness (QED) is 0.901. The first-order valence-corrected chi connectivity index (χ1v) is 6.13. The molecule has 0 aliphatic rings. The molecule has 0 saturated carbocycles. The van der Waals surface area contributed by atoms with Gasteiger partial charge in [0.1, 0.15) is 11.6 Å². The number of halogens is 1. The van der Waals surface area contributed by atoms with E-state index in [-0.39, 0.29) is 5.56 Å². The van der Waals surface area contributed by atoms with Crippen molar-refractivity contribution in [3.63, 3.8) is 0 Å². The van der Waals surface area contributed by atoms with Crippen LogP contribution < -0.4 is 0 Å². The fourth-order valence-electron chi connectivity index (χ4n) is 2.02. The second kappa shape index (κ2) is 5.65. The Hall–Kier alpha value is -2.17. The maximum Gasteiger partial charge on any atom is 0.336 e. The minimum atomic E-state index is -1.12. The van der Waals surface area contributed by atoms with Crippen molar-refractivity contribution >= 4 is 5.97 Å². The monoisotopic (exact) mass is 262 g/mol. The topological polar surface area (TPSA) is 55.1 Å². The summed E-state index contributed by atoms with van der Waals surface area (Å²) < 4.78 is 15.1. The summed E-state index contributed by atoms with van der Waals surface area (Å²) in [5.74, 6) is -0.878. The van der Waals surface area contributed by atoms with Crippen LogP contribution in [0.2, 0.25) is 0 Å². The molecule has 0 radical (unpaired) electrons. The summed E-state index contributed by atoms with van der Waals surface area (Å²) in [6, 6.07) is 3.82. The molecule has 0 saturated heterocycles. The Morgan fingerprint density at radius 1 is 1.47 bits per heavy atom. The number of rotatable bonds is 5. The van der Waals surface area contributed by atoms with E-state index in [1.54, 1.807) is 6.20 Å². The van der Waals surface area contributed by atoms with E-state index >= 15 is 0 Å². The van der Waals surface area contributed by atoms with Crippen molar-refractivity contribution in [3.8, 4) is 0 Å². The second-order valence-electron chi connectivity index (χ2n) is 4.32. The van der Waals surface area contributed by atoms with Crippen LogP contribution in [0.1, 0.15) is 35.1 Å². The van der Waals surface area contributed by atoms with Gasteiger partial charge in [-0.15, -0.1) is 0 Å². The number of imidazole rings is 1. The van der Waals surface area contributed by atoms with Gasteiger partial charge < -0.3 is 9.67 Å². The molecule has 2 rings (SSSR count). The Morgan fingerprint density at radius 3 is 2.95 bits per heavy atom. The minimum absolute atomic E-state index is 0.00829. The van der Waals surface area contributed by atoms with Gasteiger partial charge in [-0.05, 0) is 24.1 Å². The number of benzene rings is 1. The Labute approximate surface area is 110 Å². The molecule has 0 fully saturated rings. The van der Waals surface area contributed by atoms with Gasteiger partial charge in [-0.25, -0.2) is 14.2 Å². The molecule has 0 aliphatic heterocycles. The van der Waals surface area contributed by atoms with Crippen molar-refractivity contribution in [1.29, 1.82) is 0 Å². The van der Waals surface area contributed by atoms with Crippen LogP contribution in [0, 0.1) is 5.82 Å². The van der Waals surface area contributed by atoms with Gasteiger partial charge in [-0.1, -0.05) is 13.0 Å². The Morgan fingerprint density at radius 2 is 2.26 bits per heavy atom. The van der Waals surface area contributed by atoms with E-state index in [0.717, 1.165) is 24.9 Å². The fourth-order valence-corrected chi connectivity index (χ4v) is 2.02. The number of hydrogen-bond donors (Lipinski definition) is 1. The van der Waals surface area contributed by atoms with Crippen LogP contribution in [0.25, 0.3) is 0 Å². The van der Waals surface area contributed by atoms with E-state index in [0.29, 0.717) is 12.0 Å². The second-order valence-corrected chi connectivity index (χ2v) is 4.32. The first kappa shape index (κ1) is 13.3. The summed E-state index contributed by atoms with van der Waals surface area (Å²) in [5.41, 5.74) is 0.559. The van der Waals surface area contributed by atoms with Gasteiger partial charge in [0.15, 0.2) is 0 Å².